The Bertz CT molecular complexity index is 755. The summed E-state index contributed by atoms with van der Waals surface area (Å²) in [5.74, 6) is 0.538. The van der Waals surface area contributed by atoms with Crippen molar-refractivity contribution >= 4 is 48.6 Å². The first-order valence-electron chi connectivity index (χ1n) is 7.13. The number of ether oxygens (including phenoxy) is 1. The summed E-state index contributed by atoms with van der Waals surface area (Å²) in [6.07, 6.45) is 2.02. The molecule has 22 heavy (non-hydrogen) atoms. The van der Waals surface area contributed by atoms with Gasteiger partial charge in [-0.25, -0.2) is 0 Å². The van der Waals surface area contributed by atoms with E-state index >= 15 is 0 Å². The molecule has 2 nitrogen and oxygen atoms in total. The standard InChI is InChI=1S/C18H16Br2O2/c1-18(2)13(10-15(19)20)16(18)17(21)22-14-9-5-7-11-6-3-4-8-12(11)14/h3-10,13,16H,1-2H3/t13-,16-/m0/s1. The maximum absolute atomic E-state index is 12.5. The first kappa shape index (κ1) is 15.8. The van der Waals surface area contributed by atoms with Gasteiger partial charge >= 0.3 is 5.97 Å². The minimum Gasteiger partial charge on any atom is -0.426 e. The molecule has 0 radical (unpaired) electrons. The Hall–Kier alpha value is -1.13. The van der Waals surface area contributed by atoms with Gasteiger partial charge in [0.05, 0.1) is 9.31 Å². The van der Waals surface area contributed by atoms with E-state index in [1.54, 1.807) is 0 Å². The van der Waals surface area contributed by atoms with Crippen molar-refractivity contribution in [1.82, 2.24) is 0 Å². The van der Waals surface area contributed by atoms with Gasteiger partial charge in [0, 0.05) is 5.39 Å². The predicted octanol–water partition coefficient (Wildman–Crippen LogP) is 5.65. The minimum atomic E-state index is -0.163. The Kier molecular flexibility index (Phi) is 4.17. The fraction of sp³-hybridized carbons (Fsp3) is 0.278. The number of hydrogen-bond acceptors (Lipinski definition) is 2. The normalized spacial score (nSPS) is 22.2. The Morgan fingerprint density at radius 1 is 1.14 bits per heavy atom. The van der Waals surface area contributed by atoms with E-state index in [-0.39, 0.29) is 23.2 Å². The number of carbonyl (C=O) groups is 1. The molecule has 4 heteroatoms. The third-order valence-electron chi connectivity index (χ3n) is 4.43. The molecule has 114 valence electrons. The zero-order valence-electron chi connectivity index (χ0n) is 12.3. The lowest BCUT2D eigenvalue weighted by molar-refractivity contribution is -0.136. The Morgan fingerprint density at radius 3 is 2.55 bits per heavy atom. The molecule has 2 atom stereocenters. The topological polar surface area (TPSA) is 26.3 Å². The van der Waals surface area contributed by atoms with E-state index in [1.807, 2.05) is 48.5 Å². The maximum Gasteiger partial charge on any atom is 0.315 e. The zero-order chi connectivity index (χ0) is 15.9. The third-order valence-corrected chi connectivity index (χ3v) is 4.96. The molecule has 1 saturated carbocycles. The van der Waals surface area contributed by atoms with Crippen LogP contribution in [0.2, 0.25) is 0 Å². The van der Waals surface area contributed by atoms with Gasteiger partial charge in [0.1, 0.15) is 5.75 Å². The van der Waals surface area contributed by atoms with Gasteiger partial charge in [0.2, 0.25) is 0 Å². The van der Waals surface area contributed by atoms with Crippen molar-refractivity contribution < 1.29 is 9.53 Å². The summed E-state index contributed by atoms with van der Waals surface area (Å²) in [4.78, 5) is 12.5. The van der Waals surface area contributed by atoms with Gasteiger partial charge in [-0.3, -0.25) is 4.79 Å². The highest BCUT2D eigenvalue weighted by Gasteiger charge is 2.61. The van der Waals surface area contributed by atoms with Crippen LogP contribution in [-0.4, -0.2) is 5.97 Å². The van der Waals surface area contributed by atoms with Crippen LogP contribution in [0.15, 0.2) is 51.9 Å². The van der Waals surface area contributed by atoms with Crippen LogP contribution in [-0.2, 0) is 4.79 Å². The summed E-state index contributed by atoms with van der Waals surface area (Å²) in [6.45, 7) is 4.18. The van der Waals surface area contributed by atoms with E-state index in [1.165, 1.54) is 0 Å². The van der Waals surface area contributed by atoms with Crippen molar-refractivity contribution in [2.45, 2.75) is 13.8 Å². The number of allylic oxidation sites excluding steroid dienone is 1. The van der Waals surface area contributed by atoms with Gasteiger partial charge < -0.3 is 4.74 Å². The molecule has 0 spiro atoms. The first-order valence-corrected chi connectivity index (χ1v) is 8.72. The number of hydrogen-bond donors (Lipinski definition) is 0. The summed E-state index contributed by atoms with van der Waals surface area (Å²) in [5.41, 5.74) is -0.0749. The lowest BCUT2D eigenvalue weighted by Gasteiger charge is -2.08. The van der Waals surface area contributed by atoms with Gasteiger partial charge in [-0.1, -0.05) is 56.3 Å². The largest absolute Gasteiger partial charge is 0.426 e. The van der Waals surface area contributed by atoms with Crippen molar-refractivity contribution in [1.29, 1.82) is 0 Å². The number of halogens is 2. The van der Waals surface area contributed by atoms with Gasteiger partial charge in [-0.2, -0.15) is 0 Å². The minimum absolute atomic E-state index is 0.0749. The Morgan fingerprint density at radius 2 is 1.82 bits per heavy atom. The molecule has 0 bridgehead atoms. The average Bonchev–Trinajstić information content (AvgIpc) is 2.99. The summed E-state index contributed by atoms with van der Waals surface area (Å²) in [6, 6.07) is 13.7. The summed E-state index contributed by atoms with van der Waals surface area (Å²) < 4.78 is 6.57. The van der Waals surface area contributed by atoms with Gasteiger partial charge in [-0.05, 0) is 54.6 Å². The van der Waals surface area contributed by atoms with Crippen molar-refractivity contribution in [3.05, 3.63) is 51.9 Å². The molecule has 0 unspecified atom stereocenters. The molecule has 2 aromatic carbocycles. The Labute approximate surface area is 146 Å². The third kappa shape index (κ3) is 2.86. The second kappa shape index (κ2) is 5.82. The van der Waals surface area contributed by atoms with Crippen molar-refractivity contribution in [3.63, 3.8) is 0 Å². The number of carbonyl (C=O) groups excluding carboxylic acids is 1. The molecule has 0 N–H and O–H groups in total. The molecule has 0 aliphatic heterocycles. The first-order chi connectivity index (χ1) is 10.4. The van der Waals surface area contributed by atoms with Gasteiger partial charge in [0.15, 0.2) is 0 Å². The van der Waals surface area contributed by atoms with E-state index in [0.29, 0.717) is 5.75 Å². The Balaban J connectivity index is 1.84. The highest BCUT2D eigenvalue weighted by molar-refractivity contribution is 9.28. The molecule has 0 aromatic heterocycles. The number of fused-ring (bicyclic) bond motifs is 1. The number of rotatable bonds is 3. The zero-order valence-corrected chi connectivity index (χ0v) is 15.5. The fourth-order valence-electron chi connectivity index (χ4n) is 3.03. The van der Waals surface area contributed by atoms with Crippen LogP contribution in [0.5, 0.6) is 5.75 Å². The van der Waals surface area contributed by atoms with Gasteiger partial charge in [0.25, 0.3) is 0 Å². The monoisotopic (exact) mass is 422 g/mol. The summed E-state index contributed by atoms with van der Waals surface area (Å²) >= 11 is 6.74. The lowest BCUT2D eigenvalue weighted by atomic mass is 10.1. The highest BCUT2D eigenvalue weighted by Crippen LogP contribution is 2.60. The van der Waals surface area contributed by atoms with E-state index < -0.39 is 0 Å². The van der Waals surface area contributed by atoms with Crippen molar-refractivity contribution in [2.75, 3.05) is 0 Å². The van der Waals surface area contributed by atoms with Crippen LogP contribution in [0.4, 0.5) is 0 Å². The van der Waals surface area contributed by atoms with Crippen LogP contribution in [0.25, 0.3) is 10.8 Å². The van der Waals surface area contributed by atoms with E-state index in [2.05, 4.69) is 45.7 Å². The van der Waals surface area contributed by atoms with Crippen LogP contribution in [0, 0.1) is 17.3 Å². The quantitative estimate of drug-likeness (QED) is 0.471. The van der Waals surface area contributed by atoms with Crippen LogP contribution >= 0.6 is 31.9 Å². The number of benzene rings is 2. The molecule has 0 saturated heterocycles. The second-order valence-corrected chi connectivity index (χ2v) is 8.95. The highest BCUT2D eigenvalue weighted by atomic mass is 79.9. The fourth-order valence-corrected chi connectivity index (χ4v) is 3.60. The second-order valence-electron chi connectivity index (χ2n) is 6.18. The van der Waals surface area contributed by atoms with Crippen LogP contribution in [0.1, 0.15) is 13.8 Å². The van der Waals surface area contributed by atoms with E-state index in [0.717, 1.165) is 14.2 Å². The van der Waals surface area contributed by atoms with Gasteiger partial charge in [-0.15, -0.1) is 0 Å². The molecule has 1 aliphatic rings. The molecular weight excluding hydrogens is 408 g/mol. The SMILES string of the molecule is CC1(C)[C@H](C(=O)Oc2cccc3ccccc23)[C@@H]1C=C(Br)Br. The molecule has 1 fully saturated rings. The molecule has 0 heterocycles. The molecule has 3 rings (SSSR count). The number of esters is 1. The lowest BCUT2D eigenvalue weighted by Crippen LogP contribution is -2.14. The molecule has 0 amide bonds. The molecule has 2 aromatic rings. The smallest absolute Gasteiger partial charge is 0.315 e. The van der Waals surface area contributed by atoms with E-state index in [4.69, 9.17) is 4.74 Å². The van der Waals surface area contributed by atoms with Crippen molar-refractivity contribution in [3.8, 4) is 5.75 Å². The van der Waals surface area contributed by atoms with E-state index in [9.17, 15) is 4.79 Å². The van der Waals surface area contributed by atoms with Crippen LogP contribution in [0.3, 0.4) is 0 Å². The van der Waals surface area contributed by atoms with Crippen molar-refractivity contribution in [2.24, 2.45) is 17.3 Å². The van der Waals surface area contributed by atoms with Crippen LogP contribution < -0.4 is 4.74 Å². The maximum atomic E-state index is 12.5. The summed E-state index contributed by atoms with van der Waals surface area (Å²) in [5, 5.41) is 2.04. The summed E-state index contributed by atoms with van der Waals surface area (Å²) in [7, 11) is 0. The average molecular weight is 424 g/mol. The molecule has 1 aliphatic carbocycles. The predicted molar refractivity (Wildman–Crippen MR) is 96.3 cm³/mol. The molecular formula is C18H16Br2O2.